The Kier molecular flexibility index (Phi) is 5.11. The van der Waals surface area contributed by atoms with Crippen LogP contribution in [-0.4, -0.2) is 17.3 Å². The fourth-order valence-corrected chi connectivity index (χ4v) is 2.81. The molecule has 3 N–H and O–H groups in total. The lowest BCUT2D eigenvalue weighted by molar-refractivity contribution is 0.275. The van der Waals surface area contributed by atoms with Crippen LogP contribution in [0.5, 0.6) is 0 Å². The molecule has 0 bridgehead atoms. The van der Waals surface area contributed by atoms with E-state index in [9.17, 15) is 0 Å². The molecule has 1 aliphatic rings. The molecule has 4 rings (SSSR count). The Hall–Kier alpha value is -3.93. The van der Waals surface area contributed by atoms with Gasteiger partial charge in [-0.1, -0.05) is 66.7 Å². The van der Waals surface area contributed by atoms with Crippen LogP contribution in [0.15, 0.2) is 101 Å². The summed E-state index contributed by atoms with van der Waals surface area (Å²) in [7, 11) is 0. The van der Waals surface area contributed by atoms with Gasteiger partial charge in [-0.25, -0.2) is 0 Å². The van der Waals surface area contributed by atoms with E-state index in [0.29, 0.717) is 11.4 Å². The first kappa shape index (κ1) is 17.5. The first-order chi connectivity index (χ1) is 13.8. The molecule has 138 valence electrons. The number of nitrogens with zero attached hydrogens (tertiary/aromatic N) is 2. The summed E-state index contributed by atoms with van der Waals surface area (Å²) in [5.41, 5.74) is 9.49. The highest BCUT2D eigenvalue weighted by Crippen LogP contribution is 2.27. The Bertz CT molecular complexity index is 1000. The molecule has 1 saturated heterocycles. The molecule has 0 radical (unpaired) electrons. The average molecular weight is 369 g/mol. The number of hydrazone groups is 2. The van der Waals surface area contributed by atoms with Gasteiger partial charge >= 0.3 is 0 Å². The van der Waals surface area contributed by atoms with Crippen LogP contribution >= 0.6 is 0 Å². The molecule has 1 unspecified atom stereocenters. The van der Waals surface area contributed by atoms with Crippen molar-refractivity contribution in [3.05, 3.63) is 96.6 Å². The van der Waals surface area contributed by atoms with Gasteiger partial charge in [0.05, 0.1) is 11.4 Å². The zero-order valence-corrected chi connectivity index (χ0v) is 15.0. The van der Waals surface area contributed by atoms with Crippen LogP contribution in [0, 0.1) is 5.41 Å². The van der Waals surface area contributed by atoms with Gasteiger partial charge < -0.3 is 4.74 Å². The molecule has 1 aliphatic heterocycles. The van der Waals surface area contributed by atoms with Gasteiger partial charge in [0.25, 0.3) is 0 Å². The fraction of sp³-hybridized carbons (Fsp3) is 0.0455. The number of anilines is 2. The molecule has 6 heteroatoms. The van der Waals surface area contributed by atoms with Crippen LogP contribution in [0.1, 0.15) is 11.7 Å². The van der Waals surface area contributed by atoms with E-state index < -0.39 is 6.10 Å². The van der Waals surface area contributed by atoms with E-state index in [1.807, 2.05) is 91.0 Å². The summed E-state index contributed by atoms with van der Waals surface area (Å²) in [6, 6.07) is 28.9. The summed E-state index contributed by atoms with van der Waals surface area (Å²) in [5, 5.41) is 17.2. The molecule has 0 aliphatic carbocycles. The predicted molar refractivity (Wildman–Crippen MR) is 113 cm³/mol. The van der Waals surface area contributed by atoms with Gasteiger partial charge in [0.2, 0.25) is 5.90 Å². The molecule has 0 amide bonds. The second-order valence-corrected chi connectivity index (χ2v) is 6.15. The van der Waals surface area contributed by atoms with Crippen molar-refractivity contribution in [3.8, 4) is 0 Å². The molecule has 0 saturated carbocycles. The van der Waals surface area contributed by atoms with Crippen molar-refractivity contribution in [2.45, 2.75) is 6.10 Å². The third-order valence-electron chi connectivity index (χ3n) is 4.19. The summed E-state index contributed by atoms with van der Waals surface area (Å²) in [4.78, 5) is 0. The SMILES string of the molecule is N=C1OC(c2ccccc2)C(=N/Nc2ccccc2)/C1=N/Nc1ccccc1. The summed E-state index contributed by atoms with van der Waals surface area (Å²) in [6.07, 6.45) is -0.499. The van der Waals surface area contributed by atoms with E-state index in [1.54, 1.807) is 0 Å². The maximum Gasteiger partial charge on any atom is 0.237 e. The van der Waals surface area contributed by atoms with Gasteiger partial charge in [0, 0.05) is 0 Å². The Morgan fingerprint density at radius 1 is 0.679 bits per heavy atom. The minimum absolute atomic E-state index is 0.0223. The maximum absolute atomic E-state index is 8.26. The second-order valence-electron chi connectivity index (χ2n) is 6.15. The third kappa shape index (κ3) is 3.91. The predicted octanol–water partition coefficient (Wildman–Crippen LogP) is 4.67. The molecule has 6 nitrogen and oxygen atoms in total. The lowest BCUT2D eigenvalue weighted by atomic mass is 10.0. The van der Waals surface area contributed by atoms with Crippen molar-refractivity contribution in [2.24, 2.45) is 10.2 Å². The Morgan fingerprint density at radius 2 is 1.18 bits per heavy atom. The highest BCUT2D eigenvalue weighted by Gasteiger charge is 2.37. The number of benzene rings is 3. The number of hydrogen-bond donors (Lipinski definition) is 3. The summed E-state index contributed by atoms with van der Waals surface area (Å²) >= 11 is 0. The molecule has 1 atom stereocenters. The van der Waals surface area contributed by atoms with Crippen LogP contribution in [0.2, 0.25) is 0 Å². The molecular formula is C22H19N5O. The fourth-order valence-electron chi connectivity index (χ4n) is 2.81. The largest absolute Gasteiger partial charge is 0.461 e. The molecule has 1 heterocycles. The molecule has 1 fully saturated rings. The zero-order chi connectivity index (χ0) is 19.2. The highest BCUT2D eigenvalue weighted by molar-refractivity contribution is 6.69. The first-order valence-corrected chi connectivity index (χ1v) is 8.89. The molecular weight excluding hydrogens is 350 g/mol. The van der Waals surface area contributed by atoms with Crippen molar-refractivity contribution in [2.75, 3.05) is 10.9 Å². The Morgan fingerprint density at radius 3 is 1.75 bits per heavy atom. The van der Waals surface area contributed by atoms with Crippen molar-refractivity contribution in [1.29, 1.82) is 5.41 Å². The highest BCUT2D eigenvalue weighted by atomic mass is 16.5. The molecule has 0 aromatic heterocycles. The minimum Gasteiger partial charge on any atom is -0.461 e. The van der Waals surface area contributed by atoms with Gasteiger partial charge in [0.15, 0.2) is 11.8 Å². The van der Waals surface area contributed by atoms with Crippen molar-refractivity contribution >= 4 is 28.7 Å². The Labute approximate surface area is 163 Å². The van der Waals surface area contributed by atoms with E-state index in [0.717, 1.165) is 16.9 Å². The van der Waals surface area contributed by atoms with E-state index in [1.165, 1.54) is 0 Å². The monoisotopic (exact) mass is 369 g/mol. The van der Waals surface area contributed by atoms with Crippen LogP contribution in [-0.2, 0) is 4.74 Å². The lowest BCUT2D eigenvalue weighted by Gasteiger charge is -2.10. The average Bonchev–Trinajstić information content (AvgIpc) is 3.08. The minimum atomic E-state index is -0.499. The van der Waals surface area contributed by atoms with Gasteiger partial charge in [0.1, 0.15) is 5.71 Å². The number of ether oxygens (including phenoxy) is 1. The quantitative estimate of drug-likeness (QED) is 0.572. The summed E-state index contributed by atoms with van der Waals surface area (Å²) < 4.78 is 5.79. The number of hydrogen-bond acceptors (Lipinski definition) is 6. The maximum atomic E-state index is 8.26. The number of para-hydroxylation sites is 2. The van der Waals surface area contributed by atoms with Gasteiger partial charge in [-0.2, -0.15) is 10.2 Å². The molecule has 3 aromatic carbocycles. The molecule has 28 heavy (non-hydrogen) atoms. The van der Waals surface area contributed by atoms with E-state index in [-0.39, 0.29) is 5.90 Å². The van der Waals surface area contributed by atoms with Crippen LogP contribution in [0.3, 0.4) is 0 Å². The van der Waals surface area contributed by atoms with E-state index in [4.69, 9.17) is 10.1 Å². The van der Waals surface area contributed by atoms with Crippen LogP contribution in [0.4, 0.5) is 11.4 Å². The molecule has 0 spiro atoms. The normalized spacial score (nSPS) is 18.9. The van der Waals surface area contributed by atoms with Gasteiger partial charge in [-0.05, 0) is 29.8 Å². The lowest BCUT2D eigenvalue weighted by Crippen LogP contribution is -2.19. The summed E-state index contributed by atoms with van der Waals surface area (Å²) in [5.74, 6) is -0.0223. The zero-order valence-electron chi connectivity index (χ0n) is 15.0. The number of nitrogens with one attached hydrogen (secondary N) is 3. The van der Waals surface area contributed by atoms with E-state index in [2.05, 4.69) is 21.1 Å². The topological polar surface area (TPSA) is 81.9 Å². The van der Waals surface area contributed by atoms with Gasteiger partial charge in [-0.15, -0.1) is 0 Å². The standard InChI is InChI=1S/C22H19N5O/c23-22-20(27-25-18-14-8-3-9-15-18)19(26-24-17-12-6-2-7-13-17)21(28-22)16-10-4-1-5-11-16/h1-15,21,23-25H/b23-22?,26-19+,27-20-. The van der Waals surface area contributed by atoms with E-state index >= 15 is 0 Å². The van der Waals surface area contributed by atoms with Crippen LogP contribution in [0.25, 0.3) is 0 Å². The second kappa shape index (κ2) is 8.18. The number of rotatable bonds is 5. The summed E-state index contributed by atoms with van der Waals surface area (Å²) in [6.45, 7) is 0. The van der Waals surface area contributed by atoms with Crippen molar-refractivity contribution < 1.29 is 4.74 Å². The van der Waals surface area contributed by atoms with Crippen molar-refractivity contribution in [1.82, 2.24) is 0 Å². The Balaban J connectivity index is 1.67. The third-order valence-corrected chi connectivity index (χ3v) is 4.19. The van der Waals surface area contributed by atoms with Gasteiger partial charge in [-0.3, -0.25) is 16.3 Å². The first-order valence-electron chi connectivity index (χ1n) is 8.89. The van der Waals surface area contributed by atoms with Crippen LogP contribution < -0.4 is 10.9 Å². The smallest absolute Gasteiger partial charge is 0.237 e. The van der Waals surface area contributed by atoms with Crippen molar-refractivity contribution in [3.63, 3.8) is 0 Å². The molecule has 3 aromatic rings.